The van der Waals surface area contributed by atoms with Crippen LogP contribution in [0.1, 0.15) is 54.7 Å². The van der Waals surface area contributed by atoms with E-state index in [1.807, 2.05) is 0 Å². The van der Waals surface area contributed by atoms with E-state index < -0.39 is 0 Å². The molecule has 1 fully saturated rings. The molecule has 0 atom stereocenters. The summed E-state index contributed by atoms with van der Waals surface area (Å²) >= 11 is 0. The second-order valence-electron chi connectivity index (χ2n) is 4.86. The van der Waals surface area contributed by atoms with Gasteiger partial charge in [0.15, 0.2) is 0 Å². The standard InChI is InChI=1S/C15H18/c1-2-6-12(7-3-1)14-10-4-8-13-9-5-11-15(13)14/h4-5,8,10-12H,1-3,6-7,9H2. The third kappa shape index (κ3) is 1.62. The smallest absolute Gasteiger partial charge is 0.00881 e. The monoisotopic (exact) mass is 198 g/mol. The lowest BCUT2D eigenvalue weighted by atomic mass is 9.81. The fourth-order valence-electron chi connectivity index (χ4n) is 3.09. The molecule has 0 spiro atoms. The first-order chi connectivity index (χ1) is 7.45. The fourth-order valence-corrected chi connectivity index (χ4v) is 3.09. The SMILES string of the molecule is C1=Cc2c(cccc2C2CCCCC2)C1. The summed E-state index contributed by atoms with van der Waals surface area (Å²) < 4.78 is 0. The number of fused-ring (bicyclic) bond motifs is 1. The molecule has 1 aromatic carbocycles. The van der Waals surface area contributed by atoms with Gasteiger partial charge in [0.05, 0.1) is 0 Å². The van der Waals surface area contributed by atoms with E-state index in [9.17, 15) is 0 Å². The largest absolute Gasteiger partial charge is 0.0795 e. The first kappa shape index (κ1) is 9.21. The van der Waals surface area contributed by atoms with Crippen molar-refractivity contribution < 1.29 is 0 Å². The van der Waals surface area contributed by atoms with E-state index in [0.717, 1.165) is 12.3 Å². The third-order valence-corrected chi connectivity index (χ3v) is 3.90. The van der Waals surface area contributed by atoms with E-state index in [0.29, 0.717) is 0 Å². The lowest BCUT2D eigenvalue weighted by Gasteiger charge is -2.23. The van der Waals surface area contributed by atoms with Crippen molar-refractivity contribution >= 4 is 6.08 Å². The van der Waals surface area contributed by atoms with Crippen LogP contribution in [0.2, 0.25) is 0 Å². The predicted molar refractivity (Wildman–Crippen MR) is 65.0 cm³/mol. The molecule has 3 rings (SSSR count). The molecule has 0 unspecified atom stereocenters. The number of hydrogen-bond acceptors (Lipinski definition) is 0. The van der Waals surface area contributed by atoms with Crippen LogP contribution in [-0.4, -0.2) is 0 Å². The Balaban J connectivity index is 1.96. The van der Waals surface area contributed by atoms with E-state index in [4.69, 9.17) is 0 Å². The minimum Gasteiger partial charge on any atom is -0.0795 e. The summed E-state index contributed by atoms with van der Waals surface area (Å²) in [6.07, 6.45) is 12.9. The summed E-state index contributed by atoms with van der Waals surface area (Å²) in [4.78, 5) is 0. The zero-order valence-electron chi connectivity index (χ0n) is 9.21. The highest BCUT2D eigenvalue weighted by atomic mass is 14.2. The molecule has 0 amide bonds. The highest BCUT2D eigenvalue weighted by molar-refractivity contribution is 5.64. The van der Waals surface area contributed by atoms with Gasteiger partial charge in [-0.25, -0.2) is 0 Å². The molecule has 78 valence electrons. The summed E-state index contributed by atoms with van der Waals surface area (Å²) in [6, 6.07) is 6.88. The van der Waals surface area contributed by atoms with Crippen LogP contribution in [0.25, 0.3) is 6.08 Å². The van der Waals surface area contributed by atoms with Gasteiger partial charge in [0.1, 0.15) is 0 Å². The first-order valence-corrected chi connectivity index (χ1v) is 6.23. The molecule has 0 N–H and O–H groups in total. The van der Waals surface area contributed by atoms with Gasteiger partial charge < -0.3 is 0 Å². The van der Waals surface area contributed by atoms with Crippen molar-refractivity contribution in [1.29, 1.82) is 0 Å². The molecule has 0 aromatic heterocycles. The maximum Gasteiger partial charge on any atom is -0.00881 e. The zero-order valence-corrected chi connectivity index (χ0v) is 9.21. The van der Waals surface area contributed by atoms with Crippen molar-refractivity contribution in [3.8, 4) is 0 Å². The van der Waals surface area contributed by atoms with Gasteiger partial charge in [-0.05, 0) is 41.9 Å². The van der Waals surface area contributed by atoms with Gasteiger partial charge in [-0.1, -0.05) is 49.6 Å². The summed E-state index contributed by atoms with van der Waals surface area (Å²) in [5.41, 5.74) is 4.71. The Bertz CT molecular complexity index is 381. The average molecular weight is 198 g/mol. The molecular weight excluding hydrogens is 180 g/mol. The van der Waals surface area contributed by atoms with E-state index in [1.54, 1.807) is 11.1 Å². The van der Waals surface area contributed by atoms with Crippen LogP contribution >= 0.6 is 0 Å². The summed E-state index contributed by atoms with van der Waals surface area (Å²) in [6.45, 7) is 0. The quantitative estimate of drug-likeness (QED) is 0.631. The minimum atomic E-state index is 0.844. The molecule has 0 heteroatoms. The Morgan fingerprint density at radius 1 is 1.00 bits per heavy atom. The van der Waals surface area contributed by atoms with E-state index in [2.05, 4.69) is 30.4 Å². The van der Waals surface area contributed by atoms with Crippen LogP contribution in [0.4, 0.5) is 0 Å². The molecule has 1 aromatic rings. The average Bonchev–Trinajstić information content (AvgIpc) is 2.78. The maximum atomic E-state index is 2.35. The van der Waals surface area contributed by atoms with Gasteiger partial charge in [-0.3, -0.25) is 0 Å². The minimum absolute atomic E-state index is 0.844. The normalized spacial score (nSPS) is 20.5. The van der Waals surface area contributed by atoms with Crippen LogP contribution in [-0.2, 0) is 6.42 Å². The van der Waals surface area contributed by atoms with E-state index in [-0.39, 0.29) is 0 Å². The molecular formula is C15H18. The third-order valence-electron chi connectivity index (χ3n) is 3.90. The van der Waals surface area contributed by atoms with Crippen molar-refractivity contribution in [2.24, 2.45) is 0 Å². The van der Waals surface area contributed by atoms with Gasteiger partial charge in [0.25, 0.3) is 0 Å². The molecule has 0 aliphatic heterocycles. The van der Waals surface area contributed by atoms with Crippen LogP contribution in [0.3, 0.4) is 0 Å². The lowest BCUT2D eigenvalue weighted by Crippen LogP contribution is -2.06. The Hall–Kier alpha value is -1.04. The van der Waals surface area contributed by atoms with Gasteiger partial charge in [0, 0.05) is 0 Å². The second-order valence-corrected chi connectivity index (χ2v) is 4.86. The topological polar surface area (TPSA) is 0 Å². The molecule has 1 saturated carbocycles. The molecule has 2 aliphatic rings. The Kier molecular flexibility index (Phi) is 2.36. The van der Waals surface area contributed by atoms with Gasteiger partial charge in [-0.15, -0.1) is 0 Å². The summed E-state index contributed by atoms with van der Waals surface area (Å²) in [7, 11) is 0. The highest BCUT2D eigenvalue weighted by Gasteiger charge is 2.19. The Morgan fingerprint density at radius 3 is 2.73 bits per heavy atom. The van der Waals surface area contributed by atoms with Crippen molar-refractivity contribution in [1.82, 2.24) is 0 Å². The van der Waals surface area contributed by atoms with Gasteiger partial charge >= 0.3 is 0 Å². The van der Waals surface area contributed by atoms with Gasteiger partial charge in [-0.2, -0.15) is 0 Å². The number of benzene rings is 1. The van der Waals surface area contributed by atoms with Crippen molar-refractivity contribution in [3.63, 3.8) is 0 Å². The summed E-state index contributed by atoms with van der Waals surface area (Å²) in [5, 5.41) is 0. The molecule has 2 aliphatic carbocycles. The molecule has 0 bridgehead atoms. The molecule has 0 saturated heterocycles. The van der Waals surface area contributed by atoms with Crippen LogP contribution in [0, 0.1) is 0 Å². The number of hydrogen-bond donors (Lipinski definition) is 0. The highest BCUT2D eigenvalue weighted by Crippen LogP contribution is 2.37. The predicted octanol–water partition coefficient (Wildman–Crippen LogP) is 4.30. The van der Waals surface area contributed by atoms with Crippen LogP contribution in [0.15, 0.2) is 24.3 Å². The second kappa shape index (κ2) is 3.84. The first-order valence-electron chi connectivity index (χ1n) is 6.23. The number of rotatable bonds is 1. The fraction of sp³-hybridized carbons (Fsp3) is 0.467. The van der Waals surface area contributed by atoms with Crippen molar-refractivity contribution in [2.45, 2.75) is 44.4 Å². The maximum absolute atomic E-state index is 2.35. The lowest BCUT2D eigenvalue weighted by molar-refractivity contribution is 0.443. The van der Waals surface area contributed by atoms with E-state index >= 15 is 0 Å². The van der Waals surface area contributed by atoms with Crippen molar-refractivity contribution in [2.75, 3.05) is 0 Å². The van der Waals surface area contributed by atoms with Gasteiger partial charge in [0.2, 0.25) is 0 Å². The molecule has 15 heavy (non-hydrogen) atoms. The van der Waals surface area contributed by atoms with E-state index in [1.165, 1.54) is 37.7 Å². The molecule has 0 nitrogen and oxygen atoms in total. The molecule has 0 radical (unpaired) electrons. The number of allylic oxidation sites excluding steroid dienone is 1. The van der Waals surface area contributed by atoms with Crippen LogP contribution in [0.5, 0.6) is 0 Å². The van der Waals surface area contributed by atoms with Crippen LogP contribution < -0.4 is 0 Å². The zero-order chi connectivity index (χ0) is 10.1. The molecule has 0 heterocycles. The summed E-state index contributed by atoms with van der Waals surface area (Å²) in [5.74, 6) is 0.844. The Labute approximate surface area is 92.0 Å². The Morgan fingerprint density at radius 2 is 1.87 bits per heavy atom. The van der Waals surface area contributed by atoms with Crippen molar-refractivity contribution in [3.05, 3.63) is 41.0 Å².